The summed E-state index contributed by atoms with van der Waals surface area (Å²) >= 11 is 0. The van der Waals surface area contributed by atoms with Crippen LogP contribution in [0.2, 0.25) is 0 Å². The number of benzene rings is 1. The van der Waals surface area contributed by atoms with Crippen LogP contribution in [0.5, 0.6) is 0 Å². The molecule has 216 valence electrons. The smallest absolute Gasteiger partial charge is 0.206 e. The predicted octanol–water partition coefficient (Wildman–Crippen LogP) is 7.07. The van der Waals surface area contributed by atoms with Gasteiger partial charge in [0.2, 0.25) is 5.78 Å². The molecule has 0 unspecified atom stereocenters. The maximum atomic E-state index is 13.8. The minimum atomic E-state index is -2.20. The zero-order valence-electron chi connectivity index (χ0n) is 25.8. The summed E-state index contributed by atoms with van der Waals surface area (Å²) in [4.78, 5) is 38.8. The van der Waals surface area contributed by atoms with Crippen LogP contribution in [0, 0.1) is 23.7 Å². The SMILES string of the molecule is C=C1C2=C(O)[C@@]3(O)C(=O)C(C(C)=O)=C(C)C[C@@]3(C)C[C@@]2(C)Cc2c(C(C)C)cc(CCC(=O)CC(C)C)c(C)c21. The fourth-order valence-corrected chi connectivity index (χ4v) is 8.20. The van der Waals surface area contributed by atoms with Crippen LogP contribution in [0.1, 0.15) is 115 Å². The van der Waals surface area contributed by atoms with Crippen molar-refractivity contribution in [2.75, 3.05) is 0 Å². The van der Waals surface area contributed by atoms with Gasteiger partial charge < -0.3 is 10.2 Å². The standard InChI is InChI=1S/C35H46O5/c1-18(2)13-25(37)12-11-24-14-26(19(3)4)27-16-33(9)17-34(10)15-20(5)28(23(8)36)31(38)35(34,40)32(39)30(33)22(7)29(27)21(24)6/h14,18-19,39-40H,7,11-13,15-17H2,1-6,8-10H3/t33-,34+,35+/m1/s1. The van der Waals surface area contributed by atoms with E-state index in [0.717, 1.165) is 16.7 Å². The Morgan fingerprint density at radius 1 is 1.10 bits per heavy atom. The second-order valence-corrected chi connectivity index (χ2v) is 14.0. The number of aryl methyl sites for hydroxylation is 1. The lowest BCUT2D eigenvalue weighted by Gasteiger charge is -2.57. The van der Waals surface area contributed by atoms with Gasteiger partial charge in [-0.3, -0.25) is 14.4 Å². The van der Waals surface area contributed by atoms with E-state index in [9.17, 15) is 24.6 Å². The van der Waals surface area contributed by atoms with Crippen LogP contribution in [-0.4, -0.2) is 33.2 Å². The molecule has 1 aromatic rings. The number of carbonyl (C=O) groups excluding carboxylic acids is 3. The fraction of sp³-hybridized carbons (Fsp3) is 0.571. The highest BCUT2D eigenvalue weighted by molar-refractivity contribution is 6.24. The summed E-state index contributed by atoms with van der Waals surface area (Å²) in [6, 6.07) is 2.25. The normalized spacial score (nSPS) is 28.2. The number of carbonyl (C=O) groups is 3. The second-order valence-electron chi connectivity index (χ2n) is 14.0. The largest absolute Gasteiger partial charge is 0.508 e. The number of rotatable bonds is 7. The van der Waals surface area contributed by atoms with Gasteiger partial charge in [0.25, 0.3) is 0 Å². The number of allylic oxidation sites excluding steroid dienone is 3. The lowest BCUT2D eigenvalue weighted by Crippen LogP contribution is -2.63. The average molecular weight is 547 g/mol. The highest BCUT2D eigenvalue weighted by Gasteiger charge is 2.66. The lowest BCUT2D eigenvalue weighted by atomic mass is 9.47. The van der Waals surface area contributed by atoms with E-state index in [1.165, 1.54) is 18.1 Å². The maximum absolute atomic E-state index is 13.8. The van der Waals surface area contributed by atoms with Crippen LogP contribution >= 0.6 is 0 Å². The van der Waals surface area contributed by atoms with E-state index in [-0.39, 0.29) is 23.0 Å². The Bertz CT molecular complexity index is 1400. The van der Waals surface area contributed by atoms with Crippen molar-refractivity contribution in [2.24, 2.45) is 16.7 Å². The number of hydrogen-bond donors (Lipinski definition) is 2. The quantitative estimate of drug-likeness (QED) is 0.357. The summed E-state index contributed by atoms with van der Waals surface area (Å²) in [5.74, 6) is -0.661. The molecule has 0 saturated heterocycles. The monoisotopic (exact) mass is 546 g/mol. The minimum Gasteiger partial charge on any atom is -0.508 e. The van der Waals surface area contributed by atoms with Gasteiger partial charge >= 0.3 is 0 Å². The van der Waals surface area contributed by atoms with Gasteiger partial charge in [0, 0.05) is 29.2 Å². The Kier molecular flexibility index (Phi) is 7.50. The number of aliphatic hydroxyl groups is 2. The molecule has 0 heterocycles. The van der Waals surface area contributed by atoms with Crippen molar-refractivity contribution >= 4 is 22.9 Å². The summed E-state index contributed by atoms with van der Waals surface area (Å²) in [6.45, 7) is 22.0. The number of fused-ring (bicyclic) bond motifs is 3. The van der Waals surface area contributed by atoms with E-state index in [1.54, 1.807) is 6.92 Å². The van der Waals surface area contributed by atoms with Crippen molar-refractivity contribution in [3.8, 4) is 0 Å². The zero-order valence-corrected chi connectivity index (χ0v) is 25.8. The molecular formula is C35H46O5. The molecule has 5 heteroatoms. The van der Waals surface area contributed by atoms with E-state index >= 15 is 0 Å². The molecule has 2 N–H and O–H groups in total. The van der Waals surface area contributed by atoms with Gasteiger partial charge in [-0.25, -0.2) is 0 Å². The van der Waals surface area contributed by atoms with Gasteiger partial charge in [-0.05, 0) is 91.7 Å². The third-order valence-electron chi connectivity index (χ3n) is 9.76. The Balaban J connectivity index is 1.91. The molecule has 1 aromatic carbocycles. The molecule has 0 spiro atoms. The van der Waals surface area contributed by atoms with E-state index < -0.39 is 28.0 Å². The van der Waals surface area contributed by atoms with Crippen molar-refractivity contribution in [3.05, 3.63) is 62.9 Å². The molecular weight excluding hydrogens is 500 g/mol. The van der Waals surface area contributed by atoms with Crippen LogP contribution in [0.3, 0.4) is 0 Å². The molecule has 3 aliphatic carbocycles. The number of Topliss-reactive ketones (excluding diaryl/α,β-unsaturated/α-hetero) is 3. The third kappa shape index (κ3) is 4.36. The van der Waals surface area contributed by atoms with E-state index in [0.29, 0.717) is 61.2 Å². The maximum Gasteiger partial charge on any atom is 0.206 e. The van der Waals surface area contributed by atoms with Gasteiger partial charge in [0.05, 0.1) is 5.57 Å². The summed E-state index contributed by atoms with van der Waals surface area (Å²) in [5.41, 5.74) is 3.54. The first-order valence-corrected chi connectivity index (χ1v) is 14.7. The highest BCUT2D eigenvalue weighted by Crippen LogP contribution is 2.64. The van der Waals surface area contributed by atoms with Crippen LogP contribution in [0.25, 0.3) is 5.57 Å². The van der Waals surface area contributed by atoms with Crippen molar-refractivity contribution < 1.29 is 24.6 Å². The first kappa shape index (κ1) is 30.2. The zero-order chi connectivity index (χ0) is 30.1. The summed E-state index contributed by atoms with van der Waals surface area (Å²) in [6.07, 6.45) is 3.12. The molecule has 0 aromatic heterocycles. The van der Waals surface area contributed by atoms with E-state index in [1.807, 2.05) is 13.8 Å². The molecule has 3 aliphatic rings. The van der Waals surface area contributed by atoms with Gasteiger partial charge in [-0.15, -0.1) is 0 Å². The molecule has 0 bridgehead atoms. The molecule has 40 heavy (non-hydrogen) atoms. The number of aliphatic hydroxyl groups excluding tert-OH is 1. The van der Waals surface area contributed by atoms with Crippen molar-refractivity contribution in [3.63, 3.8) is 0 Å². The van der Waals surface area contributed by atoms with Gasteiger partial charge in [0.1, 0.15) is 11.5 Å². The first-order valence-electron chi connectivity index (χ1n) is 14.7. The number of hydrogen-bond acceptors (Lipinski definition) is 5. The van der Waals surface area contributed by atoms with E-state index in [4.69, 9.17) is 0 Å². The first-order chi connectivity index (χ1) is 18.4. The van der Waals surface area contributed by atoms with Crippen LogP contribution in [0.4, 0.5) is 0 Å². The lowest BCUT2D eigenvalue weighted by molar-refractivity contribution is -0.157. The Morgan fingerprint density at radius 2 is 1.73 bits per heavy atom. The molecule has 0 radical (unpaired) electrons. The summed E-state index contributed by atoms with van der Waals surface area (Å²) < 4.78 is 0. The van der Waals surface area contributed by atoms with E-state index in [2.05, 4.69) is 47.3 Å². The van der Waals surface area contributed by atoms with Gasteiger partial charge in [0.15, 0.2) is 11.4 Å². The predicted molar refractivity (Wildman–Crippen MR) is 159 cm³/mol. The average Bonchev–Trinajstić information content (AvgIpc) is 2.79. The molecule has 3 atom stereocenters. The topological polar surface area (TPSA) is 91.7 Å². The molecule has 0 fully saturated rings. The molecule has 4 rings (SSSR count). The highest BCUT2D eigenvalue weighted by atomic mass is 16.3. The summed E-state index contributed by atoms with van der Waals surface area (Å²) in [5, 5.41) is 24.0. The molecule has 0 saturated carbocycles. The Morgan fingerprint density at radius 3 is 2.27 bits per heavy atom. The van der Waals surface area contributed by atoms with Gasteiger partial charge in [-0.1, -0.05) is 59.8 Å². The summed E-state index contributed by atoms with van der Waals surface area (Å²) in [7, 11) is 0. The molecule has 5 nitrogen and oxygen atoms in total. The number of ketones is 3. The van der Waals surface area contributed by atoms with Gasteiger partial charge in [-0.2, -0.15) is 0 Å². The Labute approximate surface area is 239 Å². The molecule has 0 amide bonds. The fourth-order valence-electron chi connectivity index (χ4n) is 8.20. The minimum absolute atomic E-state index is 0.0100. The van der Waals surface area contributed by atoms with Crippen molar-refractivity contribution in [1.29, 1.82) is 0 Å². The second kappa shape index (κ2) is 9.94. The van der Waals surface area contributed by atoms with Crippen molar-refractivity contribution in [2.45, 2.75) is 112 Å². The molecule has 0 aliphatic heterocycles. The third-order valence-corrected chi connectivity index (χ3v) is 9.76. The van der Waals surface area contributed by atoms with Crippen LogP contribution in [-0.2, 0) is 27.2 Å². The van der Waals surface area contributed by atoms with Crippen LogP contribution < -0.4 is 0 Å². The van der Waals surface area contributed by atoms with Crippen molar-refractivity contribution in [1.82, 2.24) is 0 Å². The van der Waals surface area contributed by atoms with Crippen LogP contribution in [0.15, 0.2) is 35.1 Å². The Hall–Kier alpha value is -2.79.